The van der Waals surface area contributed by atoms with Crippen molar-refractivity contribution in [2.24, 2.45) is 0 Å². The summed E-state index contributed by atoms with van der Waals surface area (Å²) in [6.07, 6.45) is 0. The van der Waals surface area contributed by atoms with Crippen molar-refractivity contribution in [3.63, 3.8) is 0 Å². The third kappa shape index (κ3) is 3.58. The lowest BCUT2D eigenvalue weighted by atomic mass is 10.0. The first kappa shape index (κ1) is 16.1. The molecule has 0 fully saturated rings. The molecule has 3 aromatic rings. The molecule has 3 rings (SSSR count). The lowest BCUT2D eigenvalue weighted by Gasteiger charge is -2.12. The predicted molar refractivity (Wildman–Crippen MR) is 95.2 cm³/mol. The Balaban J connectivity index is 1.95. The Morgan fingerprint density at radius 1 is 1.08 bits per heavy atom. The number of carbonyl (C=O) groups is 1. The number of ether oxygens (including phenoxy) is 1. The number of carbonyl (C=O) groups excluding carboxylic acids is 1. The highest BCUT2D eigenvalue weighted by molar-refractivity contribution is 7.71. The Hall–Kier alpha value is -2.79. The summed E-state index contributed by atoms with van der Waals surface area (Å²) in [5, 5.41) is 0. The standard InChI is InChI=1S/C19H16N2O2S/c1-13-16(18(22)23-12-14-8-4-2-5-9-14)17(21-19(24)20-13)15-10-6-3-7-11-15/h2-11H,12H2,1H3,(H,20,21,24). The zero-order chi connectivity index (χ0) is 16.9. The molecule has 1 N–H and O–H groups in total. The molecule has 0 spiro atoms. The molecule has 0 bridgehead atoms. The van der Waals surface area contributed by atoms with E-state index >= 15 is 0 Å². The van der Waals surface area contributed by atoms with E-state index in [1.54, 1.807) is 6.92 Å². The van der Waals surface area contributed by atoms with Crippen molar-refractivity contribution in [3.8, 4) is 11.3 Å². The Kier molecular flexibility index (Phi) is 4.82. The molecule has 24 heavy (non-hydrogen) atoms. The Morgan fingerprint density at radius 3 is 2.38 bits per heavy atom. The third-order valence-electron chi connectivity index (χ3n) is 3.58. The topological polar surface area (TPSA) is 55.0 Å². The van der Waals surface area contributed by atoms with E-state index in [1.807, 2.05) is 60.7 Å². The lowest BCUT2D eigenvalue weighted by molar-refractivity contribution is 0.0471. The van der Waals surface area contributed by atoms with Gasteiger partial charge in [0.1, 0.15) is 12.2 Å². The second-order valence-electron chi connectivity index (χ2n) is 5.32. The van der Waals surface area contributed by atoms with Gasteiger partial charge in [0.05, 0.1) is 5.69 Å². The number of esters is 1. The maximum Gasteiger partial charge on any atom is 0.342 e. The van der Waals surface area contributed by atoms with E-state index in [1.165, 1.54) is 0 Å². The van der Waals surface area contributed by atoms with E-state index in [0.717, 1.165) is 11.1 Å². The average Bonchev–Trinajstić information content (AvgIpc) is 2.60. The molecule has 1 heterocycles. The van der Waals surface area contributed by atoms with Gasteiger partial charge in [-0.3, -0.25) is 0 Å². The molecule has 5 heteroatoms. The van der Waals surface area contributed by atoms with Gasteiger partial charge in [-0.15, -0.1) is 0 Å². The smallest absolute Gasteiger partial charge is 0.342 e. The van der Waals surface area contributed by atoms with E-state index in [0.29, 0.717) is 21.7 Å². The van der Waals surface area contributed by atoms with Crippen LogP contribution in [0.5, 0.6) is 0 Å². The molecule has 0 aliphatic carbocycles. The normalized spacial score (nSPS) is 10.4. The minimum absolute atomic E-state index is 0.211. The monoisotopic (exact) mass is 336 g/mol. The van der Waals surface area contributed by atoms with Crippen LogP contribution in [0.25, 0.3) is 11.3 Å². The van der Waals surface area contributed by atoms with Crippen LogP contribution in [-0.2, 0) is 11.3 Å². The first-order valence-corrected chi connectivity index (χ1v) is 7.93. The number of aromatic amines is 1. The van der Waals surface area contributed by atoms with E-state index in [4.69, 9.17) is 17.0 Å². The summed E-state index contributed by atoms with van der Waals surface area (Å²) < 4.78 is 5.80. The number of hydrogen-bond donors (Lipinski definition) is 1. The van der Waals surface area contributed by atoms with Crippen molar-refractivity contribution in [2.45, 2.75) is 13.5 Å². The van der Waals surface area contributed by atoms with Crippen LogP contribution in [0.15, 0.2) is 60.7 Å². The van der Waals surface area contributed by atoms with Gasteiger partial charge < -0.3 is 9.72 Å². The second kappa shape index (κ2) is 7.19. The molecule has 4 nitrogen and oxygen atoms in total. The molecule has 0 saturated heterocycles. The molecule has 0 aliphatic rings. The van der Waals surface area contributed by atoms with Crippen molar-refractivity contribution < 1.29 is 9.53 Å². The van der Waals surface area contributed by atoms with E-state index < -0.39 is 5.97 Å². The zero-order valence-electron chi connectivity index (χ0n) is 13.2. The number of rotatable bonds is 4. The molecule has 0 unspecified atom stereocenters. The van der Waals surface area contributed by atoms with Gasteiger partial charge in [0.25, 0.3) is 0 Å². The molecule has 0 radical (unpaired) electrons. The summed E-state index contributed by atoms with van der Waals surface area (Å²) in [7, 11) is 0. The Bertz CT molecular complexity index is 906. The van der Waals surface area contributed by atoms with Crippen molar-refractivity contribution in [1.82, 2.24) is 9.97 Å². The Morgan fingerprint density at radius 2 is 1.71 bits per heavy atom. The summed E-state index contributed by atoms with van der Waals surface area (Å²) in [5.74, 6) is -0.422. The number of aromatic nitrogens is 2. The highest BCUT2D eigenvalue weighted by Crippen LogP contribution is 2.24. The van der Waals surface area contributed by atoms with Gasteiger partial charge >= 0.3 is 5.97 Å². The van der Waals surface area contributed by atoms with Crippen LogP contribution in [-0.4, -0.2) is 15.9 Å². The SMILES string of the molecule is Cc1[nH]c(=S)nc(-c2ccccc2)c1C(=O)OCc1ccccc1. The third-order valence-corrected chi connectivity index (χ3v) is 3.78. The van der Waals surface area contributed by atoms with Gasteiger partial charge in [0.15, 0.2) is 4.77 Å². The number of benzene rings is 2. The minimum Gasteiger partial charge on any atom is -0.457 e. The van der Waals surface area contributed by atoms with Crippen LogP contribution >= 0.6 is 12.2 Å². The highest BCUT2D eigenvalue weighted by Gasteiger charge is 2.19. The van der Waals surface area contributed by atoms with Gasteiger partial charge in [-0.05, 0) is 24.7 Å². The fraction of sp³-hybridized carbons (Fsp3) is 0.105. The summed E-state index contributed by atoms with van der Waals surface area (Å²) in [5.41, 5.74) is 3.35. The molecular weight excluding hydrogens is 320 g/mol. The predicted octanol–water partition coefficient (Wildman–Crippen LogP) is 4.47. The highest BCUT2D eigenvalue weighted by atomic mass is 32.1. The van der Waals surface area contributed by atoms with Crippen LogP contribution in [0, 0.1) is 11.7 Å². The van der Waals surface area contributed by atoms with Crippen LogP contribution in [0.1, 0.15) is 21.6 Å². The average molecular weight is 336 g/mol. The molecule has 0 amide bonds. The van der Waals surface area contributed by atoms with Gasteiger partial charge in [0, 0.05) is 11.3 Å². The van der Waals surface area contributed by atoms with Crippen molar-refractivity contribution in [3.05, 3.63) is 82.3 Å². The van der Waals surface area contributed by atoms with Gasteiger partial charge in [-0.25, -0.2) is 9.78 Å². The van der Waals surface area contributed by atoms with Crippen molar-refractivity contribution >= 4 is 18.2 Å². The number of H-pyrrole nitrogens is 1. The van der Waals surface area contributed by atoms with E-state index in [-0.39, 0.29) is 6.61 Å². The molecule has 2 aromatic carbocycles. The zero-order valence-corrected chi connectivity index (χ0v) is 14.0. The minimum atomic E-state index is -0.422. The van der Waals surface area contributed by atoms with Crippen LogP contribution < -0.4 is 0 Å². The van der Waals surface area contributed by atoms with Gasteiger partial charge in [0.2, 0.25) is 0 Å². The van der Waals surface area contributed by atoms with Crippen molar-refractivity contribution in [1.29, 1.82) is 0 Å². The van der Waals surface area contributed by atoms with Crippen LogP contribution in [0.4, 0.5) is 0 Å². The molecule has 120 valence electrons. The number of hydrogen-bond acceptors (Lipinski definition) is 4. The molecular formula is C19H16N2O2S. The lowest BCUT2D eigenvalue weighted by Crippen LogP contribution is -2.12. The number of aryl methyl sites for hydroxylation is 1. The fourth-order valence-electron chi connectivity index (χ4n) is 2.44. The first-order chi connectivity index (χ1) is 11.6. The Labute approximate surface area is 145 Å². The van der Waals surface area contributed by atoms with Crippen LogP contribution in [0.2, 0.25) is 0 Å². The van der Waals surface area contributed by atoms with E-state index in [2.05, 4.69) is 9.97 Å². The molecule has 0 saturated carbocycles. The number of nitrogens with zero attached hydrogens (tertiary/aromatic N) is 1. The first-order valence-electron chi connectivity index (χ1n) is 7.52. The summed E-state index contributed by atoms with van der Waals surface area (Å²) >= 11 is 5.16. The summed E-state index contributed by atoms with van der Waals surface area (Å²) in [6, 6.07) is 19.0. The molecule has 0 aliphatic heterocycles. The van der Waals surface area contributed by atoms with Crippen molar-refractivity contribution in [2.75, 3.05) is 0 Å². The van der Waals surface area contributed by atoms with Gasteiger partial charge in [-0.2, -0.15) is 0 Å². The second-order valence-corrected chi connectivity index (χ2v) is 5.71. The maximum absolute atomic E-state index is 12.6. The summed E-state index contributed by atoms with van der Waals surface area (Å²) in [4.78, 5) is 19.9. The summed E-state index contributed by atoms with van der Waals surface area (Å²) in [6.45, 7) is 2.01. The number of nitrogens with one attached hydrogen (secondary N) is 1. The molecule has 1 aromatic heterocycles. The molecule has 0 atom stereocenters. The fourth-order valence-corrected chi connectivity index (χ4v) is 2.68. The quantitative estimate of drug-likeness (QED) is 0.564. The maximum atomic E-state index is 12.6. The van der Waals surface area contributed by atoms with E-state index in [9.17, 15) is 4.79 Å². The van der Waals surface area contributed by atoms with Gasteiger partial charge in [-0.1, -0.05) is 60.7 Å². The largest absolute Gasteiger partial charge is 0.457 e. The van der Waals surface area contributed by atoms with Crippen LogP contribution in [0.3, 0.4) is 0 Å².